The van der Waals surface area contributed by atoms with E-state index in [1.54, 1.807) is 12.4 Å². The molecule has 0 saturated carbocycles. The lowest BCUT2D eigenvalue weighted by molar-refractivity contribution is -0.131. The molecule has 0 radical (unpaired) electrons. The number of anilines is 2. The predicted octanol–water partition coefficient (Wildman–Crippen LogP) is 2.33. The molecule has 5 nitrogen and oxygen atoms in total. The topological polar surface area (TPSA) is 57.3 Å². The van der Waals surface area contributed by atoms with Gasteiger partial charge in [0.25, 0.3) is 0 Å². The van der Waals surface area contributed by atoms with Crippen molar-refractivity contribution < 1.29 is 4.79 Å². The van der Waals surface area contributed by atoms with Crippen LogP contribution in [0.25, 0.3) is 0 Å². The van der Waals surface area contributed by atoms with Crippen LogP contribution in [0.2, 0.25) is 0 Å². The number of hydrogen-bond acceptors (Lipinski definition) is 4. The van der Waals surface area contributed by atoms with E-state index in [2.05, 4.69) is 22.5 Å². The summed E-state index contributed by atoms with van der Waals surface area (Å²) in [6.07, 6.45) is 7.68. The lowest BCUT2D eigenvalue weighted by Gasteiger charge is -2.26. The van der Waals surface area contributed by atoms with Crippen LogP contribution in [0.4, 0.5) is 11.4 Å². The van der Waals surface area contributed by atoms with E-state index in [0.717, 1.165) is 43.9 Å². The van der Waals surface area contributed by atoms with Gasteiger partial charge in [-0.2, -0.15) is 0 Å². The molecule has 0 aliphatic carbocycles. The lowest BCUT2D eigenvalue weighted by Crippen LogP contribution is -2.36. The number of likely N-dealkylation sites (tertiary alicyclic amines) is 1. The Hall–Kier alpha value is -1.78. The van der Waals surface area contributed by atoms with Crippen LogP contribution in [0.15, 0.2) is 18.5 Å². The number of piperidine rings is 1. The molecule has 0 spiro atoms. The van der Waals surface area contributed by atoms with E-state index in [1.165, 1.54) is 6.42 Å². The smallest absolute Gasteiger partial charge is 0.224 e. The number of hydrogen-bond donors (Lipinski definition) is 2. The van der Waals surface area contributed by atoms with Gasteiger partial charge in [-0.15, -0.1) is 0 Å². The van der Waals surface area contributed by atoms with Gasteiger partial charge in [0.05, 0.1) is 23.8 Å². The van der Waals surface area contributed by atoms with Crippen molar-refractivity contribution in [3.8, 4) is 0 Å². The van der Waals surface area contributed by atoms with E-state index in [9.17, 15) is 4.79 Å². The Morgan fingerprint density at radius 2 is 1.90 bits per heavy atom. The quantitative estimate of drug-likeness (QED) is 0.837. The Morgan fingerprint density at radius 1 is 1.20 bits per heavy atom. The molecule has 0 unspecified atom stereocenters. The summed E-state index contributed by atoms with van der Waals surface area (Å²) in [4.78, 5) is 18.2. The molecule has 1 amide bonds. The normalized spacial score (nSPS) is 14.9. The largest absolute Gasteiger partial charge is 0.384 e. The molecule has 2 N–H and O–H groups in total. The highest BCUT2D eigenvalue weighted by Gasteiger charge is 2.15. The number of nitrogens with zero attached hydrogens (tertiary/aromatic N) is 2. The molecule has 0 bridgehead atoms. The highest BCUT2D eigenvalue weighted by Crippen LogP contribution is 2.13. The Morgan fingerprint density at radius 3 is 2.60 bits per heavy atom. The van der Waals surface area contributed by atoms with E-state index < -0.39 is 0 Å². The van der Waals surface area contributed by atoms with Crippen LogP contribution in [-0.2, 0) is 4.79 Å². The summed E-state index contributed by atoms with van der Waals surface area (Å²) >= 11 is 0. The molecule has 20 heavy (non-hydrogen) atoms. The first-order valence-corrected chi connectivity index (χ1v) is 7.50. The molecule has 1 aliphatic heterocycles. The summed E-state index contributed by atoms with van der Waals surface area (Å²) in [6.45, 7) is 5.44. The zero-order valence-electron chi connectivity index (χ0n) is 12.2. The van der Waals surface area contributed by atoms with Gasteiger partial charge in [-0.25, -0.2) is 0 Å². The van der Waals surface area contributed by atoms with Crippen molar-refractivity contribution >= 4 is 17.3 Å². The Labute approximate surface area is 120 Å². The van der Waals surface area contributed by atoms with Gasteiger partial charge in [0.1, 0.15) is 0 Å². The number of nitrogens with one attached hydrogen (secondary N) is 2. The fraction of sp³-hybridized carbons (Fsp3) is 0.600. The minimum atomic E-state index is 0.257. The summed E-state index contributed by atoms with van der Waals surface area (Å²) in [7, 11) is 0. The van der Waals surface area contributed by atoms with Crippen molar-refractivity contribution in [2.45, 2.75) is 32.6 Å². The van der Waals surface area contributed by atoms with Gasteiger partial charge < -0.3 is 15.5 Å². The van der Waals surface area contributed by atoms with E-state index in [0.29, 0.717) is 13.0 Å². The van der Waals surface area contributed by atoms with Crippen molar-refractivity contribution in [2.24, 2.45) is 0 Å². The second-order valence-electron chi connectivity index (χ2n) is 5.11. The SMILES string of the molecule is CCNc1cncc(NCCC(=O)N2CCCCC2)c1. The molecule has 1 aliphatic rings. The second kappa shape index (κ2) is 7.72. The van der Waals surface area contributed by atoms with Crippen LogP contribution in [0.1, 0.15) is 32.6 Å². The molecule has 1 saturated heterocycles. The zero-order valence-corrected chi connectivity index (χ0v) is 12.2. The van der Waals surface area contributed by atoms with Crippen molar-refractivity contribution in [1.29, 1.82) is 0 Å². The molecular formula is C15H24N4O. The van der Waals surface area contributed by atoms with Gasteiger partial charge in [0.15, 0.2) is 0 Å². The molecule has 0 aromatic carbocycles. The fourth-order valence-electron chi connectivity index (χ4n) is 2.45. The van der Waals surface area contributed by atoms with Gasteiger partial charge in [0, 0.05) is 32.6 Å². The van der Waals surface area contributed by atoms with Gasteiger partial charge in [0.2, 0.25) is 5.91 Å². The molecule has 1 fully saturated rings. The number of aromatic nitrogens is 1. The molecule has 2 rings (SSSR count). The second-order valence-corrected chi connectivity index (χ2v) is 5.11. The van der Waals surface area contributed by atoms with Crippen LogP contribution < -0.4 is 10.6 Å². The van der Waals surface area contributed by atoms with Crippen molar-refractivity contribution in [1.82, 2.24) is 9.88 Å². The molecule has 1 aromatic heterocycles. The summed E-state index contributed by atoms with van der Waals surface area (Å²) < 4.78 is 0. The Kier molecular flexibility index (Phi) is 5.65. The van der Waals surface area contributed by atoms with Gasteiger partial charge >= 0.3 is 0 Å². The first kappa shape index (κ1) is 14.6. The number of carbonyl (C=O) groups is 1. The summed E-state index contributed by atoms with van der Waals surface area (Å²) in [5, 5.41) is 6.48. The maximum atomic E-state index is 12.0. The minimum absolute atomic E-state index is 0.257. The fourth-order valence-corrected chi connectivity index (χ4v) is 2.45. The molecular weight excluding hydrogens is 252 g/mol. The zero-order chi connectivity index (χ0) is 14.2. The molecule has 1 aromatic rings. The minimum Gasteiger partial charge on any atom is -0.384 e. The number of rotatable bonds is 6. The molecule has 5 heteroatoms. The average Bonchev–Trinajstić information content (AvgIpc) is 2.49. The monoisotopic (exact) mass is 276 g/mol. The Bertz CT molecular complexity index is 430. The van der Waals surface area contributed by atoms with E-state index in [4.69, 9.17) is 0 Å². The van der Waals surface area contributed by atoms with Crippen LogP contribution in [-0.4, -0.2) is 42.0 Å². The third-order valence-electron chi connectivity index (χ3n) is 3.50. The maximum absolute atomic E-state index is 12.0. The number of amides is 1. The van der Waals surface area contributed by atoms with Crippen LogP contribution >= 0.6 is 0 Å². The molecule has 110 valence electrons. The van der Waals surface area contributed by atoms with Crippen LogP contribution in [0.3, 0.4) is 0 Å². The van der Waals surface area contributed by atoms with Crippen LogP contribution in [0.5, 0.6) is 0 Å². The highest BCUT2D eigenvalue weighted by molar-refractivity contribution is 5.76. The Balaban J connectivity index is 1.74. The van der Waals surface area contributed by atoms with E-state index in [1.807, 2.05) is 11.0 Å². The lowest BCUT2D eigenvalue weighted by atomic mass is 10.1. The predicted molar refractivity (Wildman–Crippen MR) is 81.9 cm³/mol. The van der Waals surface area contributed by atoms with Crippen molar-refractivity contribution in [3.05, 3.63) is 18.5 Å². The third kappa shape index (κ3) is 4.40. The van der Waals surface area contributed by atoms with Gasteiger partial charge in [-0.05, 0) is 32.3 Å². The summed E-state index contributed by atoms with van der Waals surface area (Å²) in [5.41, 5.74) is 1.95. The summed E-state index contributed by atoms with van der Waals surface area (Å²) in [5.74, 6) is 0.257. The first-order valence-electron chi connectivity index (χ1n) is 7.50. The highest BCUT2D eigenvalue weighted by atomic mass is 16.2. The standard InChI is InChI=1S/C15H24N4O/c1-2-17-13-10-14(12-16-11-13)18-7-6-15(20)19-8-4-3-5-9-19/h10-12,17-18H,2-9H2,1H3. The number of carbonyl (C=O) groups excluding carboxylic acids is 1. The van der Waals surface area contributed by atoms with Gasteiger partial charge in [-0.1, -0.05) is 0 Å². The summed E-state index contributed by atoms with van der Waals surface area (Å²) in [6, 6.07) is 2.02. The number of pyridine rings is 1. The van der Waals surface area contributed by atoms with Crippen molar-refractivity contribution in [2.75, 3.05) is 36.8 Å². The maximum Gasteiger partial charge on any atom is 0.224 e. The van der Waals surface area contributed by atoms with E-state index >= 15 is 0 Å². The van der Waals surface area contributed by atoms with Gasteiger partial charge in [-0.3, -0.25) is 9.78 Å². The third-order valence-corrected chi connectivity index (χ3v) is 3.50. The first-order chi connectivity index (χ1) is 9.79. The average molecular weight is 276 g/mol. The van der Waals surface area contributed by atoms with Crippen LogP contribution in [0, 0.1) is 0 Å². The van der Waals surface area contributed by atoms with Crippen molar-refractivity contribution in [3.63, 3.8) is 0 Å². The molecule has 2 heterocycles. The molecule has 0 atom stereocenters. The van der Waals surface area contributed by atoms with E-state index in [-0.39, 0.29) is 5.91 Å².